The molecule has 8 heteroatoms. The summed E-state index contributed by atoms with van der Waals surface area (Å²) in [5.74, 6) is 2.71. The minimum atomic E-state index is 0. The molecule has 1 unspecified atom stereocenters. The standard InChI is InChI=1S/C21H40N6O.HI/c1-6-18(7-2)20-13-19(28-25-20)15-24-21(22-8-3)23-14-17(4)16-27-11-9-26(5)10-12-27;/h13,17-18H,6-12,14-16H2,1-5H3,(H2,22,23,24);1H. The Kier molecular flexibility index (Phi) is 12.8. The number of aromatic nitrogens is 1. The molecule has 0 bridgehead atoms. The zero-order valence-electron chi connectivity index (χ0n) is 18.9. The van der Waals surface area contributed by atoms with E-state index in [1.165, 1.54) is 26.2 Å². The van der Waals surface area contributed by atoms with Crippen molar-refractivity contribution in [2.45, 2.75) is 53.0 Å². The van der Waals surface area contributed by atoms with Crippen LogP contribution >= 0.6 is 24.0 Å². The fourth-order valence-electron chi connectivity index (χ4n) is 3.61. The van der Waals surface area contributed by atoms with E-state index in [2.05, 4.69) is 71.4 Å². The summed E-state index contributed by atoms with van der Waals surface area (Å²) < 4.78 is 5.49. The maximum absolute atomic E-state index is 5.49. The first-order valence-electron chi connectivity index (χ1n) is 10.9. The maximum Gasteiger partial charge on any atom is 0.191 e. The lowest BCUT2D eigenvalue weighted by Gasteiger charge is -2.34. The van der Waals surface area contributed by atoms with Gasteiger partial charge in [-0.25, -0.2) is 4.99 Å². The van der Waals surface area contributed by atoms with Gasteiger partial charge in [-0.3, -0.25) is 0 Å². The highest BCUT2D eigenvalue weighted by Gasteiger charge is 2.16. The molecule has 0 radical (unpaired) electrons. The van der Waals surface area contributed by atoms with Crippen molar-refractivity contribution < 1.29 is 4.52 Å². The van der Waals surface area contributed by atoms with Crippen LogP contribution in [0.1, 0.15) is 57.9 Å². The van der Waals surface area contributed by atoms with Gasteiger partial charge in [0.15, 0.2) is 11.7 Å². The van der Waals surface area contributed by atoms with Crippen molar-refractivity contribution in [3.8, 4) is 0 Å². The van der Waals surface area contributed by atoms with Crippen LogP contribution in [0, 0.1) is 5.92 Å². The summed E-state index contributed by atoms with van der Waals surface area (Å²) in [7, 11) is 2.20. The molecular weight excluding hydrogens is 479 g/mol. The van der Waals surface area contributed by atoms with Gasteiger partial charge in [-0.2, -0.15) is 0 Å². The zero-order chi connectivity index (χ0) is 20.4. The van der Waals surface area contributed by atoms with Crippen LogP contribution in [-0.2, 0) is 6.54 Å². The van der Waals surface area contributed by atoms with E-state index in [0.29, 0.717) is 18.4 Å². The molecule has 0 aromatic carbocycles. The van der Waals surface area contributed by atoms with Crippen LogP contribution < -0.4 is 10.6 Å². The minimum Gasteiger partial charge on any atom is -0.359 e. The molecule has 168 valence electrons. The Hall–Kier alpha value is -0.870. The molecule has 1 fully saturated rings. The van der Waals surface area contributed by atoms with E-state index in [4.69, 9.17) is 4.52 Å². The van der Waals surface area contributed by atoms with E-state index in [-0.39, 0.29) is 24.0 Å². The number of hydrogen-bond acceptors (Lipinski definition) is 5. The van der Waals surface area contributed by atoms with Crippen molar-refractivity contribution in [1.82, 2.24) is 25.6 Å². The second kappa shape index (κ2) is 14.2. The number of guanidine groups is 1. The second-order valence-electron chi connectivity index (χ2n) is 8.02. The second-order valence-corrected chi connectivity index (χ2v) is 8.02. The molecule has 0 aliphatic carbocycles. The van der Waals surface area contributed by atoms with Crippen molar-refractivity contribution in [1.29, 1.82) is 0 Å². The highest BCUT2D eigenvalue weighted by molar-refractivity contribution is 14.0. The molecule has 1 atom stereocenters. The number of likely N-dealkylation sites (N-methyl/N-ethyl adjacent to an activating group) is 1. The van der Waals surface area contributed by atoms with Crippen LogP contribution in [0.2, 0.25) is 0 Å². The first-order chi connectivity index (χ1) is 13.5. The largest absolute Gasteiger partial charge is 0.359 e. The molecule has 1 saturated heterocycles. The predicted molar refractivity (Wildman–Crippen MR) is 131 cm³/mol. The van der Waals surface area contributed by atoms with Crippen LogP contribution in [0.15, 0.2) is 15.6 Å². The molecule has 1 aliphatic rings. The van der Waals surface area contributed by atoms with E-state index in [1.807, 2.05) is 0 Å². The normalized spacial score (nSPS) is 17.2. The third-order valence-electron chi connectivity index (χ3n) is 5.50. The monoisotopic (exact) mass is 520 g/mol. The van der Waals surface area contributed by atoms with Crippen LogP contribution in [0.5, 0.6) is 0 Å². The lowest BCUT2D eigenvalue weighted by atomic mass is 9.99. The Morgan fingerprint density at radius 2 is 1.86 bits per heavy atom. The number of rotatable bonds is 10. The van der Waals surface area contributed by atoms with Gasteiger partial charge in [-0.05, 0) is 32.7 Å². The van der Waals surface area contributed by atoms with Crippen LogP contribution in [0.25, 0.3) is 0 Å². The van der Waals surface area contributed by atoms with Crippen molar-refractivity contribution in [2.24, 2.45) is 10.9 Å². The lowest BCUT2D eigenvalue weighted by Crippen LogP contribution is -2.47. The average molecular weight is 521 g/mol. The highest BCUT2D eigenvalue weighted by Crippen LogP contribution is 2.22. The van der Waals surface area contributed by atoms with E-state index in [1.54, 1.807) is 0 Å². The van der Waals surface area contributed by atoms with Crippen molar-refractivity contribution in [3.05, 3.63) is 17.5 Å². The van der Waals surface area contributed by atoms with E-state index in [0.717, 1.165) is 49.9 Å². The van der Waals surface area contributed by atoms with Crippen molar-refractivity contribution >= 4 is 29.9 Å². The summed E-state index contributed by atoms with van der Waals surface area (Å²) in [6.45, 7) is 16.8. The predicted octanol–water partition coefficient (Wildman–Crippen LogP) is 3.13. The van der Waals surface area contributed by atoms with Crippen molar-refractivity contribution in [2.75, 3.05) is 52.9 Å². The summed E-state index contributed by atoms with van der Waals surface area (Å²) >= 11 is 0. The lowest BCUT2D eigenvalue weighted by molar-refractivity contribution is 0.139. The molecule has 1 aliphatic heterocycles. The molecule has 0 spiro atoms. The molecule has 0 saturated carbocycles. The van der Waals surface area contributed by atoms with E-state index in [9.17, 15) is 0 Å². The Bertz CT molecular complexity index is 581. The molecule has 0 amide bonds. The molecule has 2 rings (SSSR count). The van der Waals surface area contributed by atoms with Gasteiger partial charge in [-0.1, -0.05) is 25.9 Å². The topological polar surface area (TPSA) is 68.9 Å². The number of piperazine rings is 1. The van der Waals surface area contributed by atoms with Gasteiger partial charge in [-0.15, -0.1) is 24.0 Å². The number of nitrogens with zero attached hydrogens (tertiary/aromatic N) is 4. The SMILES string of the molecule is CCNC(=NCc1cc(C(CC)CC)no1)NCC(C)CN1CCN(C)CC1.I. The zero-order valence-corrected chi connectivity index (χ0v) is 21.2. The molecule has 7 nitrogen and oxygen atoms in total. The first kappa shape index (κ1) is 26.2. The van der Waals surface area contributed by atoms with Gasteiger partial charge in [0.2, 0.25) is 0 Å². The maximum atomic E-state index is 5.49. The summed E-state index contributed by atoms with van der Waals surface area (Å²) in [5.41, 5.74) is 1.05. The van der Waals surface area contributed by atoms with Gasteiger partial charge in [0, 0.05) is 57.8 Å². The Morgan fingerprint density at radius 3 is 2.48 bits per heavy atom. The Morgan fingerprint density at radius 1 is 1.17 bits per heavy atom. The van der Waals surface area contributed by atoms with Crippen LogP contribution in [0.3, 0.4) is 0 Å². The van der Waals surface area contributed by atoms with Gasteiger partial charge >= 0.3 is 0 Å². The smallest absolute Gasteiger partial charge is 0.191 e. The highest BCUT2D eigenvalue weighted by atomic mass is 127. The molecule has 1 aromatic heterocycles. The van der Waals surface area contributed by atoms with E-state index < -0.39 is 0 Å². The summed E-state index contributed by atoms with van der Waals surface area (Å²) in [4.78, 5) is 9.63. The third kappa shape index (κ3) is 9.21. The van der Waals surface area contributed by atoms with Crippen molar-refractivity contribution in [3.63, 3.8) is 0 Å². The van der Waals surface area contributed by atoms with Gasteiger partial charge in [0.05, 0.1) is 5.69 Å². The average Bonchev–Trinajstić information content (AvgIpc) is 3.15. The van der Waals surface area contributed by atoms with Crippen LogP contribution in [-0.4, -0.2) is 73.8 Å². The number of halogens is 1. The van der Waals surface area contributed by atoms with Gasteiger partial charge < -0.3 is 25.0 Å². The number of nitrogens with one attached hydrogen (secondary N) is 2. The molecular formula is C21H41IN6O. The summed E-state index contributed by atoms with van der Waals surface area (Å²) in [5, 5.41) is 11.0. The third-order valence-corrected chi connectivity index (χ3v) is 5.50. The summed E-state index contributed by atoms with van der Waals surface area (Å²) in [6.07, 6.45) is 2.17. The fraction of sp³-hybridized carbons (Fsp3) is 0.810. The molecule has 2 N–H and O–H groups in total. The van der Waals surface area contributed by atoms with Gasteiger partial charge in [0.1, 0.15) is 6.54 Å². The first-order valence-corrected chi connectivity index (χ1v) is 10.9. The summed E-state index contributed by atoms with van der Waals surface area (Å²) in [6, 6.07) is 2.06. The fourth-order valence-corrected chi connectivity index (χ4v) is 3.61. The molecule has 1 aromatic rings. The number of hydrogen-bond donors (Lipinski definition) is 2. The van der Waals surface area contributed by atoms with Gasteiger partial charge in [0.25, 0.3) is 0 Å². The number of aliphatic imine (C=N–C) groups is 1. The van der Waals surface area contributed by atoms with E-state index >= 15 is 0 Å². The Labute approximate surface area is 194 Å². The molecule has 2 heterocycles. The van der Waals surface area contributed by atoms with Crippen LogP contribution in [0.4, 0.5) is 0 Å². The Balaban J connectivity index is 0.00000420. The minimum absolute atomic E-state index is 0. The molecule has 29 heavy (non-hydrogen) atoms. The quantitative estimate of drug-likeness (QED) is 0.281.